The third-order valence-corrected chi connectivity index (χ3v) is 2.95. The Balaban J connectivity index is 2.09. The maximum absolute atomic E-state index is 8.35. The van der Waals surface area contributed by atoms with E-state index in [1.165, 1.54) is 25.7 Å². The molecule has 0 spiro atoms. The molecule has 0 atom stereocenters. The van der Waals surface area contributed by atoms with Gasteiger partial charge in [0.1, 0.15) is 0 Å². The summed E-state index contributed by atoms with van der Waals surface area (Å²) in [6, 6.07) is 2.17. The summed E-state index contributed by atoms with van der Waals surface area (Å²) in [6.07, 6.45) is 6.95. The van der Waals surface area contributed by atoms with E-state index in [-0.39, 0.29) is 0 Å². The molecule has 0 aromatic carbocycles. The zero-order valence-corrected chi connectivity index (χ0v) is 7.90. The molecule has 0 amide bonds. The quantitative estimate of drug-likeness (QED) is 0.636. The summed E-state index contributed by atoms with van der Waals surface area (Å²) in [6.45, 7) is 3.26. The van der Waals surface area contributed by atoms with Crippen LogP contribution in [0.2, 0.25) is 0 Å². The Morgan fingerprint density at radius 2 is 2.25 bits per heavy atom. The van der Waals surface area contributed by atoms with Crippen LogP contribution in [0.4, 0.5) is 0 Å². The van der Waals surface area contributed by atoms with Gasteiger partial charge >= 0.3 is 0 Å². The molecule has 0 aliphatic heterocycles. The molecule has 0 saturated heterocycles. The zero-order chi connectivity index (χ0) is 8.86. The van der Waals surface area contributed by atoms with Crippen molar-refractivity contribution >= 4 is 0 Å². The first-order valence-corrected chi connectivity index (χ1v) is 4.95. The van der Waals surface area contributed by atoms with E-state index in [9.17, 15) is 0 Å². The Morgan fingerprint density at radius 1 is 1.50 bits per heavy atom. The molecule has 2 heteroatoms. The van der Waals surface area contributed by atoms with Crippen LogP contribution in [-0.2, 0) is 0 Å². The Labute approximate surface area is 75.0 Å². The van der Waals surface area contributed by atoms with Crippen LogP contribution in [-0.4, -0.2) is 12.1 Å². The minimum Gasteiger partial charge on any atom is -0.311 e. The summed E-state index contributed by atoms with van der Waals surface area (Å²) in [5, 5.41) is 11.9. The Kier molecular flexibility index (Phi) is 3.55. The molecule has 68 valence electrons. The largest absolute Gasteiger partial charge is 0.311 e. The van der Waals surface area contributed by atoms with Crippen molar-refractivity contribution in [2.45, 2.75) is 51.0 Å². The molecule has 0 heterocycles. The Hall–Kier alpha value is -0.550. The van der Waals surface area contributed by atoms with E-state index in [0.29, 0.717) is 12.0 Å². The third kappa shape index (κ3) is 2.22. The van der Waals surface area contributed by atoms with Crippen LogP contribution in [0.5, 0.6) is 0 Å². The molecule has 2 nitrogen and oxygen atoms in total. The molecule has 0 bridgehead atoms. The summed E-state index contributed by atoms with van der Waals surface area (Å²) in [5.41, 5.74) is 0.454. The van der Waals surface area contributed by atoms with Crippen molar-refractivity contribution in [3.05, 3.63) is 0 Å². The predicted octanol–water partition coefficient (Wildman–Crippen LogP) is 2.21. The second-order valence-corrected chi connectivity index (χ2v) is 3.68. The van der Waals surface area contributed by atoms with Crippen molar-refractivity contribution in [2.24, 2.45) is 0 Å². The highest BCUT2D eigenvalue weighted by molar-refractivity contribution is 4.94. The highest BCUT2D eigenvalue weighted by Crippen LogP contribution is 2.34. The maximum atomic E-state index is 8.35. The van der Waals surface area contributed by atoms with Gasteiger partial charge in [0.25, 0.3) is 0 Å². The van der Waals surface area contributed by atoms with Gasteiger partial charge in [-0.05, 0) is 38.6 Å². The van der Waals surface area contributed by atoms with Gasteiger partial charge in [-0.15, -0.1) is 0 Å². The number of nitriles is 1. The van der Waals surface area contributed by atoms with Crippen molar-refractivity contribution in [3.8, 4) is 6.07 Å². The van der Waals surface area contributed by atoms with Crippen LogP contribution in [0.3, 0.4) is 0 Å². The number of rotatable bonds is 5. The lowest BCUT2D eigenvalue weighted by atomic mass is 9.75. The first-order chi connectivity index (χ1) is 5.83. The van der Waals surface area contributed by atoms with Crippen molar-refractivity contribution in [3.63, 3.8) is 0 Å². The van der Waals surface area contributed by atoms with Gasteiger partial charge in [-0.1, -0.05) is 6.92 Å². The maximum Gasteiger partial charge on any atom is 0.0622 e. The predicted molar refractivity (Wildman–Crippen MR) is 49.7 cm³/mol. The first kappa shape index (κ1) is 9.54. The number of hydrogen-bond donors (Lipinski definition) is 1. The van der Waals surface area contributed by atoms with Crippen LogP contribution in [0.25, 0.3) is 0 Å². The second kappa shape index (κ2) is 4.47. The van der Waals surface area contributed by atoms with Crippen LogP contribution >= 0.6 is 0 Å². The molecule has 1 aliphatic carbocycles. The van der Waals surface area contributed by atoms with Gasteiger partial charge in [0, 0.05) is 12.0 Å². The fraction of sp³-hybridized carbons (Fsp3) is 0.900. The average Bonchev–Trinajstić information content (AvgIpc) is 2.02. The lowest BCUT2D eigenvalue weighted by molar-refractivity contribution is 0.178. The zero-order valence-electron chi connectivity index (χ0n) is 7.90. The molecular weight excluding hydrogens is 148 g/mol. The SMILES string of the molecule is CCC1(NCCCC#N)CCC1. The normalized spacial score (nSPS) is 19.7. The number of unbranched alkanes of at least 4 members (excludes halogenated alkanes) is 1. The molecule has 0 aromatic heterocycles. The van der Waals surface area contributed by atoms with Crippen LogP contribution in [0, 0.1) is 11.3 Å². The summed E-state index contributed by atoms with van der Waals surface area (Å²) in [4.78, 5) is 0. The Bertz CT molecular complexity index is 160. The average molecular weight is 166 g/mol. The van der Waals surface area contributed by atoms with E-state index in [1.807, 2.05) is 0 Å². The molecule has 1 N–H and O–H groups in total. The molecule has 1 fully saturated rings. The molecule has 1 rings (SSSR count). The molecule has 1 aliphatic rings. The van der Waals surface area contributed by atoms with E-state index < -0.39 is 0 Å². The lowest BCUT2D eigenvalue weighted by Gasteiger charge is -2.42. The van der Waals surface area contributed by atoms with E-state index in [0.717, 1.165) is 13.0 Å². The lowest BCUT2D eigenvalue weighted by Crippen LogP contribution is -2.50. The minimum absolute atomic E-state index is 0.454. The Morgan fingerprint density at radius 3 is 2.67 bits per heavy atom. The summed E-state index contributed by atoms with van der Waals surface area (Å²) in [7, 11) is 0. The van der Waals surface area contributed by atoms with E-state index >= 15 is 0 Å². The monoisotopic (exact) mass is 166 g/mol. The van der Waals surface area contributed by atoms with Gasteiger partial charge in [-0.25, -0.2) is 0 Å². The van der Waals surface area contributed by atoms with Crippen LogP contribution < -0.4 is 5.32 Å². The van der Waals surface area contributed by atoms with Gasteiger partial charge in [0.05, 0.1) is 6.07 Å². The van der Waals surface area contributed by atoms with E-state index in [1.54, 1.807) is 0 Å². The highest BCUT2D eigenvalue weighted by atomic mass is 15.0. The van der Waals surface area contributed by atoms with Gasteiger partial charge in [0.2, 0.25) is 0 Å². The van der Waals surface area contributed by atoms with Crippen LogP contribution in [0.15, 0.2) is 0 Å². The van der Waals surface area contributed by atoms with Crippen molar-refractivity contribution < 1.29 is 0 Å². The van der Waals surface area contributed by atoms with Crippen molar-refractivity contribution in [2.75, 3.05) is 6.54 Å². The molecule has 0 radical (unpaired) electrons. The standard InChI is InChI=1S/C10H18N2/c1-2-10(6-5-7-10)12-9-4-3-8-11/h12H,2-7,9H2,1H3. The molecular formula is C10H18N2. The molecule has 0 unspecified atom stereocenters. The fourth-order valence-corrected chi connectivity index (χ4v) is 1.78. The third-order valence-electron chi connectivity index (χ3n) is 2.95. The number of hydrogen-bond acceptors (Lipinski definition) is 2. The molecule has 1 saturated carbocycles. The molecule has 0 aromatic rings. The van der Waals surface area contributed by atoms with Gasteiger partial charge in [0.15, 0.2) is 0 Å². The number of nitrogens with one attached hydrogen (secondary N) is 1. The highest BCUT2D eigenvalue weighted by Gasteiger charge is 2.33. The van der Waals surface area contributed by atoms with Crippen molar-refractivity contribution in [1.82, 2.24) is 5.32 Å². The van der Waals surface area contributed by atoms with Gasteiger partial charge in [-0.3, -0.25) is 0 Å². The smallest absolute Gasteiger partial charge is 0.0622 e. The summed E-state index contributed by atoms with van der Waals surface area (Å²) < 4.78 is 0. The fourth-order valence-electron chi connectivity index (χ4n) is 1.78. The van der Waals surface area contributed by atoms with Gasteiger partial charge in [-0.2, -0.15) is 5.26 Å². The summed E-state index contributed by atoms with van der Waals surface area (Å²) in [5.74, 6) is 0. The van der Waals surface area contributed by atoms with Gasteiger partial charge < -0.3 is 5.32 Å². The number of nitrogens with zero attached hydrogens (tertiary/aromatic N) is 1. The van der Waals surface area contributed by atoms with Crippen LogP contribution in [0.1, 0.15) is 45.4 Å². The van der Waals surface area contributed by atoms with E-state index in [4.69, 9.17) is 5.26 Å². The summed E-state index contributed by atoms with van der Waals surface area (Å²) >= 11 is 0. The van der Waals surface area contributed by atoms with Crippen molar-refractivity contribution in [1.29, 1.82) is 5.26 Å². The van der Waals surface area contributed by atoms with E-state index in [2.05, 4.69) is 18.3 Å². The molecule has 12 heavy (non-hydrogen) atoms. The second-order valence-electron chi connectivity index (χ2n) is 3.68. The first-order valence-electron chi connectivity index (χ1n) is 4.95. The topological polar surface area (TPSA) is 35.8 Å². The minimum atomic E-state index is 0.454.